The van der Waals surface area contributed by atoms with Gasteiger partial charge in [0.25, 0.3) is 11.4 Å². The van der Waals surface area contributed by atoms with Crippen LogP contribution < -0.4 is 16.3 Å². The van der Waals surface area contributed by atoms with Crippen LogP contribution in [0.25, 0.3) is 0 Å². The number of nitrogens with two attached hydrogens (primary N) is 1. The molecule has 4 N–H and O–H groups in total. The third-order valence-electron chi connectivity index (χ3n) is 3.36. The van der Waals surface area contributed by atoms with Gasteiger partial charge in [-0.1, -0.05) is 11.6 Å². The Hall–Kier alpha value is -2.33. The van der Waals surface area contributed by atoms with Crippen LogP contribution >= 0.6 is 11.6 Å². The fourth-order valence-electron chi connectivity index (χ4n) is 2.33. The van der Waals surface area contributed by atoms with Gasteiger partial charge in [0.1, 0.15) is 5.92 Å². The van der Waals surface area contributed by atoms with Crippen LogP contribution in [0, 0.1) is 5.92 Å². The molecule has 2 atom stereocenters. The number of hydrazone groups is 1. The fraction of sp³-hybridized carbons (Fsp3) is 0.250. The smallest absolute Gasteiger partial charge is 0.424 e. The molecule has 7 nitrogen and oxygen atoms in total. The van der Waals surface area contributed by atoms with Gasteiger partial charge in [-0.3, -0.25) is 15.0 Å². The highest BCUT2D eigenvalue weighted by atomic mass is 35.5. The molecule has 1 aliphatic rings. The van der Waals surface area contributed by atoms with Crippen LogP contribution in [0.3, 0.4) is 0 Å². The first-order valence-electron chi connectivity index (χ1n) is 6.06. The van der Waals surface area contributed by atoms with Gasteiger partial charge in [-0.15, -0.1) is 0 Å². The molecule has 0 radical (unpaired) electrons. The van der Waals surface area contributed by atoms with Gasteiger partial charge in [0.05, 0.1) is 5.69 Å². The number of aliphatic carboxylic acids is 1. The minimum absolute atomic E-state index is 0.171. The molecule has 1 aromatic rings. The van der Waals surface area contributed by atoms with E-state index < -0.39 is 29.5 Å². The quantitative estimate of drug-likeness (QED) is 0.430. The Labute approximate surface area is 132 Å². The number of halogens is 4. The zero-order valence-corrected chi connectivity index (χ0v) is 12.0. The van der Waals surface area contributed by atoms with Crippen LogP contribution in [-0.2, 0) is 9.59 Å². The van der Waals surface area contributed by atoms with Crippen molar-refractivity contribution in [2.45, 2.75) is 11.7 Å². The van der Waals surface area contributed by atoms with Crippen molar-refractivity contribution in [2.24, 2.45) is 16.9 Å². The Balaban J connectivity index is 2.69. The highest BCUT2D eigenvalue weighted by Gasteiger charge is 2.72. The predicted octanol–water partition coefficient (Wildman–Crippen LogP) is 1.14. The van der Waals surface area contributed by atoms with E-state index in [1.807, 2.05) is 0 Å². The second-order valence-corrected chi connectivity index (χ2v) is 5.04. The lowest BCUT2D eigenvalue weighted by molar-refractivity contribution is -0.201. The van der Waals surface area contributed by atoms with E-state index in [4.69, 9.17) is 22.6 Å². The molecule has 0 unspecified atom stereocenters. The molecule has 0 fully saturated rings. The number of anilines is 1. The van der Waals surface area contributed by atoms with Gasteiger partial charge in [0, 0.05) is 11.2 Å². The number of benzene rings is 1. The van der Waals surface area contributed by atoms with Crippen molar-refractivity contribution < 1.29 is 27.9 Å². The van der Waals surface area contributed by atoms with Crippen molar-refractivity contribution in [1.29, 1.82) is 0 Å². The number of hydrogen-bond donors (Lipinski definition) is 3. The summed E-state index contributed by atoms with van der Waals surface area (Å²) in [4.78, 5) is 23.2. The molecule has 1 aliphatic heterocycles. The fourth-order valence-corrected chi connectivity index (χ4v) is 2.46. The van der Waals surface area contributed by atoms with Gasteiger partial charge in [-0.25, -0.2) is 10.9 Å². The molecule has 2 rings (SSSR count). The van der Waals surface area contributed by atoms with Gasteiger partial charge >= 0.3 is 12.1 Å². The molecular formula is C12H10ClF3N4O3. The molecule has 1 heterocycles. The van der Waals surface area contributed by atoms with Gasteiger partial charge in [0.2, 0.25) is 0 Å². The third kappa shape index (κ3) is 2.49. The van der Waals surface area contributed by atoms with Crippen molar-refractivity contribution in [3.63, 3.8) is 0 Å². The highest BCUT2D eigenvalue weighted by molar-refractivity contribution is 6.30. The van der Waals surface area contributed by atoms with E-state index in [2.05, 4.69) is 5.10 Å². The molecule has 0 aromatic heterocycles. The number of alkyl halides is 3. The minimum atomic E-state index is -5.28. The summed E-state index contributed by atoms with van der Waals surface area (Å²) < 4.78 is 41.3. The molecule has 124 valence electrons. The van der Waals surface area contributed by atoms with Crippen LogP contribution in [-0.4, -0.2) is 34.9 Å². The number of hydrogen-bond acceptors (Lipinski definition) is 5. The summed E-state index contributed by atoms with van der Waals surface area (Å²) in [7, 11) is 0. The number of carboxylic acid groups (broad SMARTS) is 1. The van der Waals surface area contributed by atoms with Crippen LogP contribution in [0.1, 0.15) is 0 Å². The number of hydrazine groups is 1. The van der Waals surface area contributed by atoms with Crippen LogP contribution in [0.2, 0.25) is 5.02 Å². The largest absolute Gasteiger partial charge is 0.481 e. The van der Waals surface area contributed by atoms with Crippen molar-refractivity contribution in [1.82, 2.24) is 5.43 Å². The zero-order valence-electron chi connectivity index (χ0n) is 11.2. The summed E-state index contributed by atoms with van der Waals surface area (Å²) in [6.07, 6.45) is -4.74. The van der Waals surface area contributed by atoms with E-state index in [1.54, 1.807) is 0 Å². The van der Waals surface area contributed by atoms with Crippen molar-refractivity contribution in [3.05, 3.63) is 29.3 Å². The van der Waals surface area contributed by atoms with Crippen LogP contribution in [0.5, 0.6) is 0 Å². The van der Waals surface area contributed by atoms with E-state index in [0.29, 0.717) is 6.21 Å². The number of nitrogens with zero attached hydrogens (tertiary/aromatic N) is 2. The van der Waals surface area contributed by atoms with Gasteiger partial charge < -0.3 is 5.11 Å². The molecule has 23 heavy (non-hydrogen) atoms. The molecule has 0 bridgehead atoms. The van der Waals surface area contributed by atoms with Crippen molar-refractivity contribution >= 4 is 35.4 Å². The summed E-state index contributed by atoms with van der Waals surface area (Å²) >= 11 is 5.68. The summed E-state index contributed by atoms with van der Waals surface area (Å²) in [5, 5.41) is 13.1. The van der Waals surface area contributed by atoms with Gasteiger partial charge in [-0.05, 0) is 24.3 Å². The summed E-state index contributed by atoms with van der Waals surface area (Å²) in [6, 6.07) is 4.91. The highest BCUT2D eigenvalue weighted by Crippen LogP contribution is 2.46. The lowest BCUT2D eigenvalue weighted by Crippen LogP contribution is -2.70. The van der Waals surface area contributed by atoms with Crippen LogP contribution in [0.4, 0.5) is 18.9 Å². The first kappa shape index (κ1) is 17.0. The molecule has 0 aliphatic carbocycles. The van der Waals surface area contributed by atoms with E-state index in [0.717, 1.165) is 0 Å². The number of carboxylic acids is 1. The summed E-state index contributed by atoms with van der Waals surface area (Å²) in [5.41, 5.74) is -2.30. The van der Waals surface area contributed by atoms with E-state index in [-0.39, 0.29) is 15.7 Å². The Morgan fingerprint density at radius 2 is 1.91 bits per heavy atom. The first-order valence-corrected chi connectivity index (χ1v) is 6.44. The molecule has 0 saturated heterocycles. The standard InChI is InChI=1S/C12H10ClF3N4O3/c13-6-1-3-7(4-2-6)20-11(10(23)19-17,12(14,15)16)8(5-18-20)9(21)22/h1-5,8H,17H2,(H,19,23)(H,21,22)/t8-,11+/m0/s1. The maximum atomic E-state index is 13.8. The van der Waals surface area contributed by atoms with Gasteiger partial charge in [0.15, 0.2) is 0 Å². The Morgan fingerprint density at radius 1 is 1.35 bits per heavy atom. The molecule has 11 heteroatoms. The molecule has 1 amide bonds. The molecule has 1 aromatic carbocycles. The number of nitrogens with one attached hydrogen (secondary N) is 1. The third-order valence-corrected chi connectivity index (χ3v) is 3.61. The monoisotopic (exact) mass is 350 g/mol. The lowest BCUT2D eigenvalue weighted by atomic mass is 9.83. The van der Waals surface area contributed by atoms with Gasteiger partial charge in [-0.2, -0.15) is 18.3 Å². The SMILES string of the molecule is NNC(=O)[C@@]1(C(F)(F)F)[C@H](C(=O)O)C=NN1c1ccc(Cl)cc1. The maximum absolute atomic E-state index is 13.8. The topological polar surface area (TPSA) is 108 Å². The normalized spacial score (nSPS) is 23.9. The number of carbonyl (C=O) groups is 2. The maximum Gasteiger partial charge on any atom is 0.424 e. The predicted molar refractivity (Wildman–Crippen MR) is 74.7 cm³/mol. The lowest BCUT2D eigenvalue weighted by Gasteiger charge is -2.39. The number of amides is 1. The average molecular weight is 351 g/mol. The van der Waals surface area contributed by atoms with Crippen LogP contribution in [0.15, 0.2) is 29.4 Å². The Bertz CT molecular complexity index is 665. The second-order valence-electron chi connectivity index (χ2n) is 4.61. The van der Waals surface area contributed by atoms with E-state index in [9.17, 15) is 22.8 Å². The minimum Gasteiger partial charge on any atom is -0.481 e. The Morgan fingerprint density at radius 3 is 2.35 bits per heavy atom. The average Bonchev–Trinajstić information content (AvgIpc) is 2.88. The van der Waals surface area contributed by atoms with E-state index >= 15 is 0 Å². The molecule has 0 spiro atoms. The number of rotatable bonds is 3. The van der Waals surface area contributed by atoms with Crippen molar-refractivity contribution in [2.75, 3.05) is 5.01 Å². The summed E-state index contributed by atoms with van der Waals surface area (Å²) in [5.74, 6) is -1.03. The van der Waals surface area contributed by atoms with E-state index in [1.165, 1.54) is 29.7 Å². The number of carbonyl (C=O) groups excluding carboxylic acids is 1. The summed E-state index contributed by atoms with van der Waals surface area (Å²) in [6.45, 7) is 0. The zero-order chi connectivity index (χ0) is 17.4. The van der Waals surface area contributed by atoms with Crippen molar-refractivity contribution in [3.8, 4) is 0 Å². The second kappa shape index (κ2) is 5.70. The molecular weight excluding hydrogens is 341 g/mol. The molecule has 0 saturated carbocycles. The first-order chi connectivity index (χ1) is 10.7. The Kier molecular flexibility index (Phi) is 4.22.